The van der Waals surface area contributed by atoms with Gasteiger partial charge in [-0.2, -0.15) is 0 Å². The first-order valence-electron chi connectivity index (χ1n) is 6.75. The summed E-state index contributed by atoms with van der Waals surface area (Å²) in [6.45, 7) is 0.911. The molecule has 0 unspecified atom stereocenters. The highest BCUT2D eigenvalue weighted by atomic mass is 32.1. The van der Waals surface area contributed by atoms with E-state index >= 15 is 0 Å². The average molecular weight is 303 g/mol. The maximum absolute atomic E-state index is 11.8. The Hall–Kier alpha value is -2.01. The molecule has 2 aromatic rings. The van der Waals surface area contributed by atoms with Crippen LogP contribution in [-0.4, -0.2) is 33.8 Å². The summed E-state index contributed by atoms with van der Waals surface area (Å²) in [5, 5.41) is 0. The molecular weight excluding hydrogens is 286 g/mol. The minimum absolute atomic E-state index is 0.280. The van der Waals surface area contributed by atoms with Gasteiger partial charge in [-0.15, -0.1) is 11.3 Å². The van der Waals surface area contributed by atoms with Crippen molar-refractivity contribution in [2.75, 3.05) is 32.7 Å². The van der Waals surface area contributed by atoms with E-state index in [-0.39, 0.29) is 5.97 Å². The number of hydrogen-bond donors (Lipinski definition) is 0. The van der Waals surface area contributed by atoms with E-state index in [2.05, 4.69) is 18.0 Å². The van der Waals surface area contributed by atoms with Crippen LogP contribution in [-0.2, 0) is 11.2 Å². The molecule has 0 saturated heterocycles. The predicted octanol–water partition coefficient (Wildman–Crippen LogP) is 3.20. The molecule has 0 aliphatic carbocycles. The number of methoxy groups -OCH3 is 2. The second-order valence-corrected chi connectivity index (χ2v) is 6.10. The monoisotopic (exact) mass is 303 g/mol. The highest BCUT2D eigenvalue weighted by Crippen LogP contribution is 2.45. The summed E-state index contributed by atoms with van der Waals surface area (Å²) in [6, 6.07) is 7.96. The number of carbonyl (C=O) groups excluding carboxylic acids is 1. The van der Waals surface area contributed by atoms with Crippen molar-refractivity contribution in [1.82, 2.24) is 0 Å². The molecule has 0 bridgehead atoms. The molecule has 4 nitrogen and oxygen atoms in total. The Morgan fingerprint density at radius 3 is 2.86 bits per heavy atom. The normalized spacial score (nSPS) is 13.2. The molecule has 5 heteroatoms. The minimum Gasteiger partial charge on any atom is -0.496 e. The van der Waals surface area contributed by atoms with Gasteiger partial charge in [0, 0.05) is 35.3 Å². The molecule has 1 aromatic carbocycles. The molecule has 21 heavy (non-hydrogen) atoms. The Bertz CT molecular complexity index is 693. The smallest absolute Gasteiger partial charge is 0.348 e. The molecular formula is C16H17NO3S. The maximum atomic E-state index is 11.8. The van der Waals surface area contributed by atoms with Gasteiger partial charge in [-0.1, -0.05) is 6.07 Å². The first-order chi connectivity index (χ1) is 10.2. The highest BCUT2D eigenvalue weighted by Gasteiger charge is 2.25. The highest BCUT2D eigenvalue weighted by molar-refractivity contribution is 7.14. The van der Waals surface area contributed by atoms with Crippen molar-refractivity contribution in [2.24, 2.45) is 0 Å². The fourth-order valence-corrected chi connectivity index (χ4v) is 3.77. The van der Waals surface area contributed by atoms with Gasteiger partial charge < -0.3 is 14.4 Å². The predicted molar refractivity (Wildman–Crippen MR) is 84.6 cm³/mol. The lowest BCUT2D eigenvalue weighted by Crippen LogP contribution is -2.19. The summed E-state index contributed by atoms with van der Waals surface area (Å²) in [4.78, 5) is 15.9. The van der Waals surface area contributed by atoms with Gasteiger partial charge in [-0.05, 0) is 24.6 Å². The number of fused-ring (bicyclic) bond motifs is 3. The summed E-state index contributed by atoms with van der Waals surface area (Å²) in [5.41, 5.74) is 3.26. The van der Waals surface area contributed by atoms with Gasteiger partial charge in [0.05, 0.1) is 14.2 Å². The molecule has 3 rings (SSSR count). The van der Waals surface area contributed by atoms with Crippen LogP contribution in [0.3, 0.4) is 0 Å². The summed E-state index contributed by atoms with van der Waals surface area (Å²) in [6.07, 6.45) is 0.908. The Morgan fingerprint density at radius 1 is 1.33 bits per heavy atom. The van der Waals surface area contributed by atoms with Gasteiger partial charge >= 0.3 is 5.97 Å². The van der Waals surface area contributed by atoms with Crippen molar-refractivity contribution >= 4 is 23.0 Å². The van der Waals surface area contributed by atoms with Gasteiger partial charge in [0.2, 0.25) is 0 Å². The third-order valence-electron chi connectivity index (χ3n) is 3.77. The molecule has 0 fully saturated rings. The summed E-state index contributed by atoms with van der Waals surface area (Å²) >= 11 is 1.51. The summed E-state index contributed by atoms with van der Waals surface area (Å²) in [7, 11) is 5.17. The van der Waals surface area contributed by atoms with E-state index in [9.17, 15) is 4.79 Å². The van der Waals surface area contributed by atoms with Crippen molar-refractivity contribution in [3.05, 3.63) is 34.0 Å². The number of nitrogens with zero attached hydrogens (tertiary/aromatic N) is 1. The lowest BCUT2D eigenvalue weighted by molar-refractivity contribution is 0.0606. The van der Waals surface area contributed by atoms with Gasteiger partial charge in [0.15, 0.2) is 0 Å². The number of likely N-dealkylation sites (N-methyl/N-ethyl adjacent to an activating group) is 1. The van der Waals surface area contributed by atoms with Crippen molar-refractivity contribution < 1.29 is 14.3 Å². The lowest BCUT2D eigenvalue weighted by atomic mass is 10.0. The number of benzene rings is 1. The lowest BCUT2D eigenvalue weighted by Gasteiger charge is -2.20. The molecule has 1 aliphatic rings. The van der Waals surface area contributed by atoms with Crippen LogP contribution in [0, 0.1) is 0 Å². The SMILES string of the molecule is COC(=O)c1cc2c(s1)CCN(C)c1cccc(OC)c1-2. The number of ether oxygens (including phenoxy) is 2. The second-order valence-electron chi connectivity index (χ2n) is 4.97. The van der Waals surface area contributed by atoms with E-state index in [0.717, 1.165) is 35.5 Å². The summed E-state index contributed by atoms with van der Waals surface area (Å²) < 4.78 is 10.4. The van der Waals surface area contributed by atoms with Gasteiger partial charge in [-0.3, -0.25) is 0 Å². The van der Waals surface area contributed by atoms with E-state index in [0.29, 0.717) is 4.88 Å². The third kappa shape index (κ3) is 2.27. The van der Waals surface area contributed by atoms with Crippen LogP contribution in [0.5, 0.6) is 5.75 Å². The van der Waals surface area contributed by atoms with Gasteiger partial charge in [0.25, 0.3) is 0 Å². The van der Waals surface area contributed by atoms with Gasteiger partial charge in [0.1, 0.15) is 10.6 Å². The van der Waals surface area contributed by atoms with Crippen LogP contribution in [0.4, 0.5) is 5.69 Å². The zero-order valence-corrected chi connectivity index (χ0v) is 13.1. The van der Waals surface area contributed by atoms with E-state index in [1.165, 1.54) is 23.3 Å². The molecule has 2 heterocycles. The van der Waals surface area contributed by atoms with E-state index < -0.39 is 0 Å². The van der Waals surface area contributed by atoms with E-state index in [1.54, 1.807) is 7.11 Å². The first kappa shape index (κ1) is 13.9. The molecule has 0 atom stereocenters. The molecule has 0 spiro atoms. The molecule has 0 saturated carbocycles. The van der Waals surface area contributed by atoms with Crippen LogP contribution >= 0.6 is 11.3 Å². The zero-order chi connectivity index (χ0) is 15.0. The molecule has 1 aromatic heterocycles. The largest absolute Gasteiger partial charge is 0.496 e. The molecule has 0 N–H and O–H groups in total. The Morgan fingerprint density at radius 2 is 2.14 bits per heavy atom. The van der Waals surface area contributed by atoms with Crippen LogP contribution < -0.4 is 9.64 Å². The Kier molecular flexibility index (Phi) is 3.59. The minimum atomic E-state index is -0.280. The number of anilines is 1. The fraction of sp³-hybridized carbons (Fsp3) is 0.312. The summed E-state index contributed by atoms with van der Waals surface area (Å²) in [5.74, 6) is 0.551. The number of esters is 1. The fourth-order valence-electron chi connectivity index (χ4n) is 2.70. The Balaban J connectivity index is 2.23. The van der Waals surface area contributed by atoms with Crippen molar-refractivity contribution in [2.45, 2.75) is 6.42 Å². The van der Waals surface area contributed by atoms with Gasteiger partial charge in [-0.25, -0.2) is 4.79 Å². The molecule has 1 aliphatic heterocycles. The third-order valence-corrected chi connectivity index (χ3v) is 4.95. The van der Waals surface area contributed by atoms with Crippen molar-refractivity contribution in [3.63, 3.8) is 0 Å². The molecule has 110 valence electrons. The second kappa shape index (κ2) is 5.41. The van der Waals surface area contributed by atoms with Crippen LogP contribution in [0.15, 0.2) is 24.3 Å². The topological polar surface area (TPSA) is 38.8 Å². The molecule has 0 radical (unpaired) electrons. The van der Waals surface area contributed by atoms with E-state index in [1.807, 2.05) is 18.2 Å². The van der Waals surface area contributed by atoms with Crippen molar-refractivity contribution in [1.29, 1.82) is 0 Å². The number of thiophene rings is 1. The quantitative estimate of drug-likeness (QED) is 0.799. The van der Waals surface area contributed by atoms with E-state index in [4.69, 9.17) is 9.47 Å². The van der Waals surface area contributed by atoms with Crippen molar-refractivity contribution in [3.8, 4) is 16.9 Å². The first-order valence-corrected chi connectivity index (χ1v) is 7.57. The molecule has 0 amide bonds. The van der Waals surface area contributed by atoms with Crippen LogP contribution in [0.1, 0.15) is 14.5 Å². The number of rotatable bonds is 2. The number of hydrogen-bond acceptors (Lipinski definition) is 5. The average Bonchev–Trinajstić information content (AvgIpc) is 2.89. The maximum Gasteiger partial charge on any atom is 0.348 e. The van der Waals surface area contributed by atoms with Crippen LogP contribution in [0.25, 0.3) is 11.1 Å². The number of carbonyl (C=O) groups is 1. The Labute approximate surface area is 127 Å². The zero-order valence-electron chi connectivity index (χ0n) is 12.3. The van der Waals surface area contributed by atoms with Crippen LogP contribution in [0.2, 0.25) is 0 Å². The standard InChI is InChI=1S/C16H17NO3S/c1-17-8-7-13-10(9-14(21-13)16(18)20-3)15-11(17)5-4-6-12(15)19-2/h4-6,9H,7-8H2,1-3H3.